The van der Waals surface area contributed by atoms with Gasteiger partial charge in [0.1, 0.15) is 16.7 Å². The fourth-order valence-electron chi connectivity index (χ4n) is 3.19. The smallest absolute Gasteiger partial charge is 0.197 e. The van der Waals surface area contributed by atoms with E-state index in [-0.39, 0.29) is 0 Å². The van der Waals surface area contributed by atoms with E-state index in [1.54, 1.807) is 0 Å². The topological polar surface area (TPSA) is 77.2 Å². The van der Waals surface area contributed by atoms with Crippen LogP contribution in [0.2, 0.25) is 10.3 Å². The van der Waals surface area contributed by atoms with Gasteiger partial charge >= 0.3 is 0 Å². The second-order valence-corrected chi connectivity index (χ2v) is 8.17. The number of nitrogens with one attached hydrogen (secondary N) is 1. The lowest BCUT2D eigenvalue weighted by Gasteiger charge is -2.11. The lowest BCUT2D eigenvalue weighted by Crippen LogP contribution is -2.06. The molecule has 7 nitrogen and oxygen atoms in total. The van der Waals surface area contributed by atoms with E-state index in [0.29, 0.717) is 22.7 Å². The molecule has 0 atom stereocenters. The Kier molecular flexibility index (Phi) is 6.03. The average molecular weight is 495 g/mol. The zero-order chi connectivity index (χ0) is 20.4. The Labute approximate surface area is 186 Å². The van der Waals surface area contributed by atoms with Crippen LogP contribution in [0.25, 0.3) is 17.2 Å². The molecule has 0 amide bonds. The summed E-state index contributed by atoms with van der Waals surface area (Å²) in [6.07, 6.45) is 4.95. The number of rotatable bonds is 7. The normalized spacial score (nSPS) is 11.3. The molecule has 3 aromatic heterocycles. The van der Waals surface area contributed by atoms with Crippen LogP contribution >= 0.6 is 39.1 Å². The van der Waals surface area contributed by atoms with Crippen LogP contribution in [-0.4, -0.2) is 34.7 Å². The van der Waals surface area contributed by atoms with E-state index in [0.717, 1.165) is 46.5 Å². The van der Waals surface area contributed by atoms with E-state index in [4.69, 9.17) is 23.2 Å². The monoisotopic (exact) mass is 493 g/mol. The lowest BCUT2D eigenvalue weighted by molar-refractivity contribution is 0.678. The summed E-state index contributed by atoms with van der Waals surface area (Å²) in [5, 5.41) is 15.0. The summed E-state index contributed by atoms with van der Waals surface area (Å²) in [5.74, 6) is 1.51. The van der Waals surface area contributed by atoms with E-state index >= 15 is 0 Å². The molecule has 0 fully saturated rings. The number of H-pyrrole nitrogens is 1. The predicted octanol–water partition coefficient (Wildman–Crippen LogP) is 5.31. The van der Waals surface area contributed by atoms with Crippen LogP contribution in [0.1, 0.15) is 31.2 Å². The SMILES string of the molecule is CCCCc1nc(Cl)c(Cl)n1Cc1ccc(-n2ccc(Br)c2-c2nnn[nH]2)cc1. The molecule has 0 bridgehead atoms. The molecule has 1 aromatic carbocycles. The van der Waals surface area contributed by atoms with Gasteiger partial charge in [0.05, 0.1) is 6.54 Å². The van der Waals surface area contributed by atoms with Crippen LogP contribution in [0.15, 0.2) is 41.0 Å². The minimum absolute atomic E-state index is 0.358. The van der Waals surface area contributed by atoms with Crippen LogP contribution in [0.3, 0.4) is 0 Å². The van der Waals surface area contributed by atoms with Crippen molar-refractivity contribution in [3.63, 3.8) is 0 Å². The molecule has 10 heteroatoms. The fraction of sp³-hybridized carbons (Fsp3) is 0.263. The Morgan fingerprint density at radius 1 is 1.14 bits per heavy atom. The maximum absolute atomic E-state index is 6.39. The zero-order valence-electron chi connectivity index (χ0n) is 15.6. The molecule has 0 unspecified atom stereocenters. The maximum Gasteiger partial charge on any atom is 0.197 e. The van der Waals surface area contributed by atoms with Crippen LogP contribution in [0, 0.1) is 0 Å². The van der Waals surface area contributed by atoms with E-state index < -0.39 is 0 Å². The van der Waals surface area contributed by atoms with Crippen LogP contribution in [0.4, 0.5) is 0 Å². The minimum Gasteiger partial charge on any atom is -0.313 e. The molecule has 0 aliphatic carbocycles. The summed E-state index contributed by atoms with van der Waals surface area (Å²) in [4.78, 5) is 4.42. The zero-order valence-corrected chi connectivity index (χ0v) is 18.7. The molecule has 1 N–H and O–H groups in total. The van der Waals surface area contributed by atoms with Crippen molar-refractivity contribution in [1.82, 2.24) is 34.7 Å². The summed E-state index contributed by atoms with van der Waals surface area (Å²) in [6.45, 7) is 2.77. The highest BCUT2D eigenvalue weighted by molar-refractivity contribution is 9.10. The first-order valence-electron chi connectivity index (χ1n) is 9.19. The number of halogens is 3. The van der Waals surface area contributed by atoms with Gasteiger partial charge < -0.3 is 9.13 Å². The largest absolute Gasteiger partial charge is 0.313 e. The maximum atomic E-state index is 6.39. The van der Waals surface area contributed by atoms with E-state index in [1.165, 1.54) is 0 Å². The quantitative estimate of drug-likeness (QED) is 0.377. The van der Waals surface area contributed by atoms with Gasteiger partial charge in [-0.1, -0.05) is 48.7 Å². The van der Waals surface area contributed by atoms with Crippen molar-refractivity contribution in [3.05, 3.63) is 62.7 Å². The molecule has 0 radical (unpaired) electrons. The van der Waals surface area contributed by atoms with E-state index in [1.807, 2.05) is 33.5 Å². The fourth-order valence-corrected chi connectivity index (χ4v) is 4.08. The van der Waals surface area contributed by atoms with Gasteiger partial charge in [-0.25, -0.2) is 10.1 Å². The number of aryl methyl sites for hydroxylation is 1. The lowest BCUT2D eigenvalue weighted by atomic mass is 10.2. The number of hydrogen-bond acceptors (Lipinski definition) is 4. The molecule has 0 spiro atoms. The van der Waals surface area contributed by atoms with Gasteiger partial charge in [0.15, 0.2) is 11.0 Å². The number of tetrazole rings is 1. The number of aromatic amines is 1. The summed E-state index contributed by atoms with van der Waals surface area (Å²) >= 11 is 16.1. The first-order chi connectivity index (χ1) is 14.1. The molecule has 29 heavy (non-hydrogen) atoms. The second-order valence-electron chi connectivity index (χ2n) is 6.60. The van der Waals surface area contributed by atoms with Crippen molar-refractivity contribution in [3.8, 4) is 17.2 Å². The third-order valence-corrected chi connectivity index (χ3v) is 6.05. The van der Waals surface area contributed by atoms with Crippen LogP contribution < -0.4 is 0 Å². The molecule has 0 aliphatic heterocycles. The van der Waals surface area contributed by atoms with Crippen molar-refractivity contribution in [2.75, 3.05) is 0 Å². The van der Waals surface area contributed by atoms with E-state index in [2.05, 4.69) is 60.6 Å². The highest BCUT2D eigenvalue weighted by Crippen LogP contribution is 2.30. The summed E-state index contributed by atoms with van der Waals surface area (Å²) in [5.41, 5.74) is 2.96. The highest BCUT2D eigenvalue weighted by atomic mass is 79.9. The molecule has 0 saturated heterocycles. The van der Waals surface area contributed by atoms with Crippen molar-refractivity contribution in [2.24, 2.45) is 0 Å². The number of nitrogens with zero attached hydrogens (tertiary/aromatic N) is 6. The number of hydrogen-bond donors (Lipinski definition) is 1. The van der Waals surface area contributed by atoms with E-state index in [9.17, 15) is 0 Å². The predicted molar refractivity (Wildman–Crippen MR) is 117 cm³/mol. The molecule has 0 aliphatic rings. The molecular weight excluding hydrogens is 477 g/mol. The van der Waals surface area contributed by atoms with Crippen molar-refractivity contribution >= 4 is 39.1 Å². The van der Waals surface area contributed by atoms with Gasteiger partial charge in [0, 0.05) is 22.8 Å². The molecule has 4 aromatic rings. The third-order valence-electron chi connectivity index (χ3n) is 4.66. The van der Waals surface area contributed by atoms with Crippen molar-refractivity contribution in [2.45, 2.75) is 32.7 Å². The van der Waals surface area contributed by atoms with Gasteiger partial charge in [-0.15, -0.1) is 5.10 Å². The minimum atomic E-state index is 0.358. The molecule has 3 heterocycles. The first kappa shape index (κ1) is 20.1. The third kappa shape index (κ3) is 4.10. The molecule has 0 saturated carbocycles. The Bertz CT molecular complexity index is 1100. The number of benzene rings is 1. The van der Waals surface area contributed by atoms with Crippen LogP contribution in [0.5, 0.6) is 0 Å². The standard InChI is InChI=1S/C19H18BrCl2N7/c1-2-3-4-15-23-17(21)18(22)29(15)11-12-5-7-13(8-6-12)28-10-9-14(20)16(28)19-24-26-27-25-19/h5-10H,2-4,11H2,1H3,(H,24,25,26,27). The molecule has 4 rings (SSSR count). The van der Waals surface area contributed by atoms with Gasteiger partial charge in [-0.2, -0.15) is 0 Å². The second kappa shape index (κ2) is 8.69. The number of unbranched alkanes of at least 4 members (excludes halogenated alkanes) is 1. The summed E-state index contributed by atoms with van der Waals surface area (Å²) in [7, 11) is 0. The Morgan fingerprint density at radius 3 is 2.62 bits per heavy atom. The number of imidazole rings is 1. The summed E-state index contributed by atoms with van der Waals surface area (Å²) in [6, 6.07) is 10.2. The van der Waals surface area contributed by atoms with Gasteiger partial charge in [-0.3, -0.25) is 0 Å². The van der Waals surface area contributed by atoms with Crippen LogP contribution in [-0.2, 0) is 13.0 Å². The van der Waals surface area contributed by atoms with Gasteiger partial charge in [0.25, 0.3) is 0 Å². The summed E-state index contributed by atoms with van der Waals surface area (Å²) < 4.78 is 4.90. The average Bonchev–Trinajstić information content (AvgIpc) is 3.43. The van der Waals surface area contributed by atoms with Gasteiger partial charge in [-0.05, 0) is 56.5 Å². The van der Waals surface area contributed by atoms with Crippen molar-refractivity contribution < 1.29 is 0 Å². The first-order valence-corrected chi connectivity index (χ1v) is 10.7. The van der Waals surface area contributed by atoms with Crippen molar-refractivity contribution in [1.29, 1.82) is 0 Å². The molecular formula is C19H18BrCl2N7. The Morgan fingerprint density at radius 2 is 1.93 bits per heavy atom. The highest BCUT2D eigenvalue weighted by Gasteiger charge is 2.16. The molecule has 150 valence electrons. The number of aromatic nitrogens is 7. The Hall–Kier alpha value is -2.16. The van der Waals surface area contributed by atoms with Gasteiger partial charge in [0.2, 0.25) is 0 Å². The Balaban J connectivity index is 1.61.